The van der Waals surface area contributed by atoms with Gasteiger partial charge in [0.25, 0.3) is 0 Å². The molecule has 0 saturated carbocycles. The molecule has 0 aromatic heterocycles. The molecular weight excluding hydrogens is 250 g/mol. The maximum Gasteiger partial charge on any atom is 0.191 e. The molecule has 5 nitrogen and oxygen atoms in total. The van der Waals surface area contributed by atoms with Crippen LogP contribution in [-0.2, 0) is 9.84 Å². The van der Waals surface area contributed by atoms with E-state index in [1.807, 2.05) is 13.8 Å². The molecule has 0 aromatic carbocycles. The molecule has 2 N–H and O–H groups in total. The van der Waals surface area contributed by atoms with Gasteiger partial charge in [-0.15, -0.1) is 6.58 Å². The largest absolute Gasteiger partial charge is 0.356 e. The summed E-state index contributed by atoms with van der Waals surface area (Å²) >= 11 is 0. The lowest BCUT2D eigenvalue weighted by molar-refractivity contribution is 0.348. The monoisotopic (exact) mass is 275 g/mol. The van der Waals surface area contributed by atoms with Gasteiger partial charge in [-0.25, -0.2) is 8.42 Å². The summed E-state index contributed by atoms with van der Waals surface area (Å²) in [7, 11) is -1.21. The molecule has 0 aliphatic rings. The van der Waals surface area contributed by atoms with Crippen LogP contribution in [0.1, 0.15) is 20.3 Å². The topological polar surface area (TPSA) is 70.6 Å². The van der Waals surface area contributed by atoms with E-state index in [-0.39, 0.29) is 11.2 Å². The fourth-order valence-electron chi connectivity index (χ4n) is 1.26. The smallest absolute Gasteiger partial charge is 0.191 e. The summed E-state index contributed by atoms with van der Waals surface area (Å²) in [5.74, 6) is 0.905. The number of nitrogens with one attached hydrogen (secondary N) is 2. The first-order valence-electron chi connectivity index (χ1n) is 5.93. The van der Waals surface area contributed by atoms with E-state index in [9.17, 15) is 8.42 Å². The van der Waals surface area contributed by atoms with Crippen molar-refractivity contribution in [2.45, 2.75) is 20.3 Å². The zero-order valence-corrected chi connectivity index (χ0v) is 12.6. The number of hydrogen-bond donors (Lipinski definition) is 2. The molecule has 106 valence electrons. The first-order valence-corrected chi connectivity index (χ1v) is 7.99. The second kappa shape index (κ2) is 7.41. The maximum atomic E-state index is 11.1. The molecule has 6 heteroatoms. The van der Waals surface area contributed by atoms with Crippen molar-refractivity contribution in [3.05, 3.63) is 12.7 Å². The fraction of sp³-hybridized carbons (Fsp3) is 0.750. The molecule has 0 fully saturated rings. The van der Waals surface area contributed by atoms with Crippen LogP contribution in [0.25, 0.3) is 0 Å². The third kappa shape index (κ3) is 9.04. The lowest BCUT2D eigenvalue weighted by atomic mass is 9.90. The van der Waals surface area contributed by atoms with Gasteiger partial charge in [-0.3, -0.25) is 4.99 Å². The average Bonchev–Trinajstić information content (AvgIpc) is 2.26. The normalized spacial score (nSPS) is 13.2. The fourth-order valence-corrected chi connectivity index (χ4v) is 2.19. The van der Waals surface area contributed by atoms with Crippen molar-refractivity contribution < 1.29 is 8.42 Å². The molecule has 0 rings (SSSR count). The molecule has 0 heterocycles. The molecule has 18 heavy (non-hydrogen) atoms. The van der Waals surface area contributed by atoms with Crippen LogP contribution in [0.5, 0.6) is 0 Å². The summed E-state index contributed by atoms with van der Waals surface area (Å²) < 4.78 is 22.3. The summed E-state index contributed by atoms with van der Waals surface area (Å²) in [4.78, 5) is 4.07. The Morgan fingerprint density at radius 2 is 2.00 bits per heavy atom. The standard InChI is InChI=1S/C12H25N3O2S/c1-6-8-14-11(13-4)15-10-12(2,3)7-9-18(5,16)17/h6H,1,7-10H2,2-5H3,(H2,13,14,15). The Morgan fingerprint density at radius 3 is 2.44 bits per heavy atom. The van der Waals surface area contributed by atoms with E-state index in [4.69, 9.17) is 0 Å². The van der Waals surface area contributed by atoms with Crippen LogP contribution in [-0.4, -0.2) is 46.5 Å². The SMILES string of the molecule is C=CCNC(=NC)NCC(C)(C)CCS(C)(=O)=O. The minimum atomic E-state index is -2.90. The van der Waals surface area contributed by atoms with Gasteiger partial charge in [0.1, 0.15) is 9.84 Å². The number of nitrogens with zero attached hydrogens (tertiary/aromatic N) is 1. The van der Waals surface area contributed by atoms with Gasteiger partial charge in [0, 0.05) is 26.4 Å². The lowest BCUT2D eigenvalue weighted by Gasteiger charge is -2.25. The minimum Gasteiger partial charge on any atom is -0.356 e. The number of sulfone groups is 1. The van der Waals surface area contributed by atoms with Crippen LogP contribution in [0.15, 0.2) is 17.6 Å². The predicted molar refractivity (Wildman–Crippen MR) is 77.7 cm³/mol. The molecule has 0 aliphatic carbocycles. The Balaban J connectivity index is 4.19. The highest BCUT2D eigenvalue weighted by Gasteiger charge is 2.20. The molecule has 0 atom stereocenters. The van der Waals surface area contributed by atoms with Crippen molar-refractivity contribution in [1.29, 1.82) is 0 Å². The van der Waals surface area contributed by atoms with Gasteiger partial charge in [0.2, 0.25) is 0 Å². The average molecular weight is 275 g/mol. The van der Waals surface area contributed by atoms with Gasteiger partial charge in [-0.05, 0) is 11.8 Å². The quantitative estimate of drug-likeness (QED) is 0.409. The Morgan fingerprint density at radius 1 is 1.39 bits per heavy atom. The number of guanidine groups is 1. The van der Waals surface area contributed by atoms with E-state index in [1.54, 1.807) is 13.1 Å². The summed E-state index contributed by atoms with van der Waals surface area (Å²) in [6.45, 7) is 9.00. The van der Waals surface area contributed by atoms with Crippen molar-refractivity contribution in [3.63, 3.8) is 0 Å². The van der Waals surface area contributed by atoms with Crippen LogP contribution in [0.4, 0.5) is 0 Å². The molecule has 0 saturated heterocycles. The van der Waals surface area contributed by atoms with Crippen molar-refractivity contribution in [2.75, 3.05) is 32.1 Å². The van der Waals surface area contributed by atoms with Gasteiger partial charge in [-0.2, -0.15) is 0 Å². The van der Waals surface area contributed by atoms with Crippen LogP contribution in [0.3, 0.4) is 0 Å². The van der Waals surface area contributed by atoms with E-state index in [1.165, 1.54) is 6.26 Å². The van der Waals surface area contributed by atoms with Gasteiger partial charge in [0.15, 0.2) is 5.96 Å². The van der Waals surface area contributed by atoms with Crippen LogP contribution >= 0.6 is 0 Å². The first-order chi connectivity index (χ1) is 8.20. The second-order valence-corrected chi connectivity index (χ2v) is 7.40. The molecule has 0 aliphatic heterocycles. The van der Waals surface area contributed by atoms with Crippen molar-refractivity contribution in [1.82, 2.24) is 10.6 Å². The predicted octanol–water partition coefficient (Wildman–Crippen LogP) is 0.798. The minimum absolute atomic E-state index is 0.102. The van der Waals surface area contributed by atoms with Crippen molar-refractivity contribution in [3.8, 4) is 0 Å². The van der Waals surface area contributed by atoms with Gasteiger partial charge >= 0.3 is 0 Å². The van der Waals surface area contributed by atoms with E-state index in [0.29, 0.717) is 25.5 Å². The zero-order valence-electron chi connectivity index (χ0n) is 11.8. The molecular formula is C12H25N3O2S. The van der Waals surface area contributed by atoms with Crippen molar-refractivity contribution >= 4 is 15.8 Å². The highest BCUT2D eigenvalue weighted by Crippen LogP contribution is 2.19. The summed E-state index contributed by atoms with van der Waals surface area (Å²) in [6.07, 6.45) is 3.64. The van der Waals surface area contributed by atoms with Crippen LogP contribution in [0.2, 0.25) is 0 Å². The van der Waals surface area contributed by atoms with Crippen molar-refractivity contribution in [2.24, 2.45) is 10.4 Å². The Kier molecular flexibility index (Phi) is 6.98. The first kappa shape index (κ1) is 17.0. The Labute approximate surface area is 111 Å². The van der Waals surface area contributed by atoms with Crippen LogP contribution in [0, 0.1) is 5.41 Å². The molecule has 0 amide bonds. The molecule has 0 unspecified atom stereocenters. The molecule has 0 aromatic rings. The third-order valence-electron chi connectivity index (χ3n) is 2.52. The maximum absolute atomic E-state index is 11.1. The van der Waals surface area contributed by atoms with E-state index < -0.39 is 9.84 Å². The lowest BCUT2D eigenvalue weighted by Crippen LogP contribution is -2.42. The van der Waals surface area contributed by atoms with E-state index in [0.717, 1.165) is 0 Å². The molecule has 0 spiro atoms. The summed E-state index contributed by atoms with van der Waals surface area (Å²) in [5.41, 5.74) is -0.102. The van der Waals surface area contributed by atoms with E-state index in [2.05, 4.69) is 22.2 Å². The molecule has 0 bridgehead atoms. The summed E-state index contributed by atoms with van der Waals surface area (Å²) in [5, 5.41) is 6.24. The summed E-state index contributed by atoms with van der Waals surface area (Å²) in [6, 6.07) is 0. The Bertz CT molecular complexity index is 386. The molecule has 0 radical (unpaired) electrons. The van der Waals surface area contributed by atoms with Gasteiger partial charge in [-0.1, -0.05) is 19.9 Å². The van der Waals surface area contributed by atoms with Crippen LogP contribution < -0.4 is 10.6 Å². The van der Waals surface area contributed by atoms with Gasteiger partial charge < -0.3 is 10.6 Å². The number of hydrogen-bond acceptors (Lipinski definition) is 3. The second-order valence-electron chi connectivity index (χ2n) is 5.14. The number of aliphatic imine (C=N–C) groups is 1. The van der Waals surface area contributed by atoms with E-state index >= 15 is 0 Å². The Hall–Kier alpha value is -1.04. The zero-order chi connectivity index (χ0) is 14.2. The van der Waals surface area contributed by atoms with Gasteiger partial charge in [0.05, 0.1) is 5.75 Å². The third-order valence-corrected chi connectivity index (χ3v) is 3.47. The number of rotatable bonds is 7. The highest BCUT2D eigenvalue weighted by molar-refractivity contribution is 7.90. The highest BCUT2D eigenvalue weighted by atomic mass is 32.2.